The molecule has 1 heterocycles. The van der Waals surface area contributed by atoms with E-state index in [-0.39, 0.29) is 34.0 Å². The molecule has 1 aliphatic rings. The van der Waals surface area contributed by atoms with Crippen LogP contribution in [0.25, 0.3) is 17.0 Å². The quantitative estimate of drug-likeness (QED) is 0.556. The molecule has 0 aliphatic heterocycles. The first-order chi connectivity index (χ1) is 13.7. The minimum Gasteiger partial charge on any atom is -0.494 e. The molecule has 0 fully saturated rings. The predicted octanol–water partition coefficient (Wildman–Crippen LogP) is 3.44. The Morgan fingerprint density at radius 1 is 1.28 bits per heavy atom. The molecule has 3 rings (SSSR count). The monoisotopic (exact) mass is 425 g/mol. The summed E-state index contributed by atoms with van der Waals surface area (Å²) in [5, 5.41) is 12.9. The van der Waals surface area contributed by atoms with Crippen molar-refractivity contribution in [1.29, 1.82) is 5.26 Å². The molecular formula is C18H11F4N3O3S. The summed E-state index contributed by atoms with van der Waals surface area (Å²) in [5.41, 5.74) is -2.40. The van der Waals surface area contributed by atoms with Gasteiger partial charge in [0.2, 0.25) is 10.3 Å². The van der Waals surface area contributed by atoms with Gasteiger partial charge in [0.1, 0.15) is 11.6 Å². The van der Waals surface area contributed by atoms with Gasteiger partial charge in [-0.3, -0.25) is 0 Å². The fraction of sp³-hybridized carbons (Fsp3) is 0.167. The average Bonchev–Trinajstić information content (AvgIpc) is 3.08. The Hall–Kier alpha value is -3.39. The van der Waals surface area contributed by atoms with Gasteiger partial charge in [0.25, 0.3) is 0 Å². The van der Waals surface area contributed by atoms with Crippen LogP contribution in [0.3, 0.4) is 0 Å². The molecule has 2 aromatic rings. The van der Waals surface area contributed by atoms with Crippen LogP contribution in [0.4, 0.5) is 17.6 Å². The van der Waals surface area contributed by atoms with Gasteiger partial charge in [-0.15, -0.1) is 0 Å². The van der Waals surface area contributed by atoms with Crippen molar-refractivity contribution in [2.45, 2.75) is 12.6 Å². The van der Waals surface area contributed by atoms with Gasteiger partial charge in [-0.2, -0.15) is 31.9 Å². The van der Waals surface area contributed by atoms with E-state index < -0.39 is 33.5 Å². The molecule has 29 heavy (non-hydrogen) atoms. The van der Waals surface area contributed by atoms with Crippen LogP contribution in [0.15, 0.2) is 36.4 Å². The highest BCUT2D eigenvalue weighted by atomic mass is 32.2. The number of hydrogen-bond donors (Lipinski definition) is 0. The maximum Gasteiger partial charge on any atom is 0.436 e. The smallest absolute Gasteiger partial charge is 0.436 e. The fourth-order valence-corrected chi connectivity index (χ4v) is 3.19. The summed E-state index contributed by atoms with van der Waals surface area (Å²) in [6.07, 6.45) is -1.17. The molecule has 0 amide bonds. The lowest BCUT2D eigenvalue weighted by Crippen LogP contribution is -2.10. The summed E-state index contributed by atoms with van der Waals surface area (Å²) < 4.78 is 82.2. The van der Waals surface area contributed by atoms with Gasteiger partial charge in [-0.1, -0.05) is 6.08 Å². The van der Waals surface area contributed by atoms with Gasteiger partial charge in [0, 0.05) is 12.0 Å². The van der Waals surface area contributed by atoms with Crippen LogP contribution >= 0.6 is 0 Å². The molecule has 0 saturated heterocycles. The molecule has 0 unspecified atom stereocenters. The van der Waals surface area contributed by atoms with Crippen LogP contribution in [0.1, 0.15) is 17.7 Å². The summed E-state index contributed by atoms with van der Waals surface area (Å²) in [7, 11) is -1.24. The third-order valence-electron chi connectivity index (χ3n) is 4.10. The van der Waals surface area contributed by atoms with E-state index >= 15 is 0 Å². The van der Waals surface area contributed by atoms with Crippen LogP contribution < -0.4 is 4.74 Å². The number of nitrogens with zero attached hydrogens (tertiary/aromatic N) is 3. The summed E-state index contributed by atoms with van der Waals surface area (Å²) >= 11 is 0. The molecule has 6 nitrogen and oxygen atoms in total. The van der Waals surface area contributed by atoms with Crippen molar-refractivity contribution in [1.82, 2.24) is 9.78 Å². The van der Waals surface area contributed by atoms with Crippen molar-refractivity contribution in [3.8, 4) is 23.1 Å². The topological polar surface area (TPSA) is 85.0 Å². The maximum atomic E-state index is 14.2. The molecule has 0 saturated carbocycles. The van der Waals surface area contributed by atoms with Crippen molar-refractivity contribution in [3.05, 3.63) is 53.5 Å². The normalized spacial score (nSPS) is 13.8. The maximum absolute atomic E-state index is 14.2. The second-order valence-corrected chi connectivity index (χ2v) is 6.80. The standard InChI is InChI=1S/C18H11F4N3O3S/c1-28-15-7-2-10(8-14(15)19)16-13(9-23)17(18(20,21)22)24-25(16)11-3-5-12(6-4-11)29(26)27/h2-5,7-8H,6H2,1H3. The molecule has 11 heteroatoms. The van der Waals surface area contributed by atoms with Crippen molar-refractivity contribution in [3.63, 3.8) is 0 Å². The van der Waals surface area contributed by atoms with Crippen molar-refractivity contribution < 1.29 is 30.7 Å². The van der Waals surface area contributed by atoms with E-state index in [1.54, 1.807) is 0 Å². The van der Waals surface area contributed by atoms with E-state index in [0.29, 0.717) is 0 Å². The fourth-order valence-electron chi connectivity index (χ4n) is 2.79. The summed E-state index contributed by atoms with van der Waals surface area (Å²) in [5.74, 6) is -0.955. The summed E-state index contributed by atoms with van der Waals surface area (Å²) in [6.45, 7) is 0. The zero-order chi connectivity index (χ0) is 21.3. The van der Waals surface area contributed by atoms with Crippen LogP contribution in [0, 0.1) is 17.1 Å². The zero-order valence-electron chi connectivity index (χ0n) is 14.7. The highest BCUT2D eigenvalue weighted by Crippen LogP contribution is 2.38. The van der Waals surface area contributed by atoms with Crippen molar-refractivity contribution in [2.24, 2.45) is 0 Å². The molecule has 0 atom stereocenters. The highest BCUT2D eigenvalue weighted by Gasteiger charge is 2.40. The number of benzene rings is 1. The third-order valence-corrected chi connectivity index (χ3v) is 4.83. The number of methoxy groups -OCH3 is 1. The van der Waals surface area contributed by atoms with Gasteiger partial charge in [-0.05, 0) is 30.4 Å². The molecule has 0 N–H and O–H groups in total. The summed E-state index contributed by atoms with van der Waals surface area (Å²) in [4.78, 5) is 0.0366. The molecule has 150 valence electrons. The Morgan fingerprint density at radius 3 is 2.48 bits per heavy atom. The number of allylic oxidation sites excluding steroid dienone is 4. The minimum atomic E-state index is -4.93. The molecule has 0 spiro atoms. The number of hydrogen-bond acceptors (Lipinski definition) is 5. The molecule has 1 aromatic carbocycles. The van der Waals surface area contributed by atoms with E-state index in [4.69, 9.17) is 4.74 Å². The molecule has 1 aliphatic carbocycles. The lowest BCUT2D eigenvalue weighted by atomic mass is 10.0. The third kappa shape index (κ3) is 3.79. The number of rotatable bonds is 3. The number of halogens is 4. The molecular weight excluding hydrogens is 414 g/mol. The Balaban J connectivity index is 2.28. The molecule has 1 aromatic heterocycles. The van der Waals surface area contributed by atoms with Gasteiger partial charge in [0.05, 0.1) is 23.4 Å². The van der Waals surface area contributed by atoms with E-state index in [1.165, 1.54) is 43.5 Å². The Bertz CT molecular complexity index is 1220. The van der Waals surface area contributed by atoms with Gasteiger partial charge < -0.3 is 4.74 Å². The lowest BCUT2D eigenvalue weighted by molar-refractivity contribution is -0.141. The second-order valence-electron chi connectivity index (χ2n) is 5.81. The van der Waals surface area contributed by atoms with Crippen LogP contribution in [-0.2, 0) is 16.5 Å². The van der Waals surface area contributed by atoms with Gasteiger partial charge in [0.15, 0.2) is 17.3 Å². The first-order valence-corrected chi connectivity index (χ1v) is 9.02. The Labute approximate surface area is 163 Å². The summed E-state index contributed by atoms with van der Waals surface area (Å²) in [6, 6.07) is 4.94. The number of aromatic nitrogens is 2. The number of ether oxygens (including phenoxy) is 1. The number of nitriles is 1. The van der Waals surface area contributed by atoms with Crippen molar-refractivity contribution >= 4 is 20.9 Å². The van der Waals surface area contributed by atoms with Gasteiger partial charge in [-0.25, -0.2) is 9.07 Å². The average molecular weight is 425 g/mol. The Morgan fingerprint density at radius 2 is 2.00 bits per heavy atom. The van der Waals surface area contributed by atoms with E-state index in [1.807, 2.05) is 0 Å². The Kier molecular flexibility index (Phi) is 5.30. The van der Waals surface area contributed by atoms with Gasteiger partial charge >= 0.3 is 6.18 Å². The first-order valence-electron chi connectivity index (χ1n) is 7.95. The van der Waals surface area contributed by atoms with Crippen molar-refractivity contribution in [2.75, 3.05) is 7.11 Å². The largest absolute Gasteiger partial charge is 0.494 e. The SMILES string of the molecule is COc1ccc(-c2c(C#N)c(C(F)(F)F)nn2C2=CCC(=S(=O)=O)C=C2)cc1F. The highest BCUT2D eigenvalue weighted by molar-refractivity contribution is 7.73. The van der Waals surface area contributed by atoms with E-state index in [9.17, 15) is 31.2 Å². The minimum absolute atomic E-state index is 0.0284. The zero-order valence-corrected chi connectivity index (χ0v) is 15.5. The van der Waals surface area contributed by atoms with Crippen LogP contribution in [0.5, 0.6) is 5.75 Å². The molecule has 0 radical (unpaired) electrons. The van der Waals surface area contributed by atoms with E-state index in [0.717, 1.165) is 10.7 Å². The van der Waals surface area contributed by atoms with E-state index in [2.05, 4.69) is 5.10 Å². The second kappa shape index (κ2) is 7.56. The molecule has 0 bridgehead atoms. The van der Waals surface area contributed by atoms with Crippen LogP contribution in [-0.4, -0.2) is 30.2 Å². The lowest BCUT2D eigenvalue weighted by Gasteiger charge is -2.12. The first kappa shape index (κ1) is 20.3. The predicted molar refractivity (Wildman–Crippen MR) is 95.8 cm³/mol. The van der Waals surface area contributed by atoms with Crippen LogP contribution in [0.2, 0.25) is 0 Å². The number of alkyl halides is 3.